The van der Waals surface area contributed by atoms with E-state index < -0.39 is 23.7 Å². The van der Waals surface area contributed by atoms with Crippen LogP contribution in [-0.4, -0.2) is 22.0 Å². The van der Waals surface area contributed by atoms with Crippen molar-refractivity contribution in [2.75, 3.05) is 0 Å². The molecular formula is C8H7F2NO2S. The first kappa shape index (κ1) is 9.51. The summed E-state index contributed by atoms with van der Waals surface area (Å²) in [6.45, 7) is 1.55. The second kappa shape index (κ2) is 2.50. The standard InChI is InChI=1S/C8H7F2NO2S/c1-4-5(14-3-11-4)7(6(12)13)2-8(7,9)10/h3H,2H2,1H3,(H,12,13). The van der Waals surface area contributed by atoms with Crippen LogP contribution in [0.4, 0.5) is 8.78 Å². The lowest BCUT2D eigenvalue weighted by molar-refractivity contribution is -0.142. The van der Waals surface area contributed by atoms with Gasteiger partial charge in [-0.05, 0) is 6.92 Å². The monoisotopic (exact) mass is 219 g/mol. The number of aliphatic carboxylic acids is 1. The lowest BCUT2D eigenvalue weighted by Gasteiger charge is -2.08. The van der Waals surface area contributed by atoms with Crippen LogP contribution >= 0.6 is 11.3 Å². The molecule has 1 aromatic rings. The maximum atomic E-state index is 13.0. The Hall–Kier alpha value is -1.04. The molecule has 0 spiro atoms. The molecule has 76 valence electrons. The largest absolute Gasteiger partial charge is 0.480 e. The van der Waals surface area contributed by atoms with Crippen LogP contribution < -0.4 is 0 Å². The number of carboxylic acid groups (broad SMARTS) is 1. The first-order chi connectivity index (χ1) is 6.42. The molecule has 0 saturated heterocycles. The zero-order valence-corrected chi connectivity index (χ0v) is 8.07. The van der Waals surface area contributed by atoms with E-state index in [-0.39, 0.29) is 4.88 Å². The average Bonchev–Trinajstić information content (AvgIpc) is 2.44. The summed E-state index contributed by atoms with van der Waals surface area (Å²) in [7, 11) is 0. The van der Waals surface area contributed by atoms with Gasteiger partial charge in [0.25, 0.3) is 5.92 Å². The fourth-order valence-electron chi connectivity index (χ4n) is 1.58. The molecule has 1 fully saturated rings. The maximum absolute atomic E-state index is 13.0. The van der Waals surface area contributed by atoms with Crippen molar-refractivity contribution < 1.29 is 18.7 Å². The summed E-state index contributed by atoms with van der Waals surface area (Å²) in [5.41, 5.74) is -0.225. The molecule has 1 unspecified atom stereocenters. The third kappa shape index (κ3) is 0.943. The third-order valence-electron chi connectivity index (χ3n) is 2.48. The molecule has 0 aliphatic heterocycles. The van der Waals surface area contributed by atoms with Gasteiger partial charge >= 0.3 is 5.97 Å². The van der Waals surface area contributed by atoms with E-state index in [0.29, 0.717) is 5.69 Å². The molecule has 1 aromatic heterocycles. The van der Waals surface area contributed by atoms with E-state index in [4.69, 9.17) is 5.11 Å². The molecule has 1 aliphatic rings. The Morgan fingerprint density at radius 2 is 2.29 bits per heavy atom. The van der Waals surface area contributed by atoms with E-state index in [1.54, 1.807) is 6.92 Å². The summed E-state index contributed by atoms with van der Waals surface area (Å²) in [6, 6.07) is 0. The topological polar surface area (TPSA) is 50.2 Å². The number of hydrogen-bond donors (Lipinski definition) is 1. The van der Waals surface area contributed by atoms with E-state index in [1.807, 2.05) is 0 Å². The van der Waals surface area contributed by atoms with Crippen LogP contribution in [0.5, 0.6) is 0 Å². The fraction of sp³-hybridized carbons (Fsp3) is 0.500. The Bertz CT molecular complexity index is 404. The normalized spacial score (nSPS) is 28.8. The van der Waals surface area contributed by atoms with Crippen LogP contribution in [-0.2, 0) is 10.2 Å². The highest BCUT2D eigenvalue weighted by molar-refractivity contribution is 7.10. The third-order valence-corrected chi connectivity index (χ3v) is 3.58. The summed E-state index contributed by atoms with van der Waals surface area (Å²) in [6.07, 6.45) is -0.613. The van der Waals surface area contributed by atoms with E-state index in [0.717, 1.165) is 11.3 Å². The Labute approximate surface area is 82.4 Å². The summed E-state index contributed by atoms with van der Waals surface area (Å²) in [5, 5.41) is 8.83. The maximum Gasteiger partial charge on any atom is 0.321 e. The Morgan fingerprint density at radius 1 is 1.71 bits per heavy atom. The van der Waals surface area contributed by atoms with Gasteiger partial charge in [0.15, 0.2) is 5.41 Å². The van der Waals surface area contributed by atoms with Gasteiger partial charge in [-0.1, -0.05) is 0 Å². The summed E-state index contributed by atoms with van der Waals surface area (Å²) < 4.78 is 26.1. The van der Waals surface area contributed by atoms with Gasteiger partial charge in [-0.25, -0.2) is 13.8 Å². The van der Waals surface area contributed by atoms with Crippen molar-refractivity contribution in [2.45, 2.75) is 24.7 Å². The predicted molar refractivity (Wildman–Crippen MR) is 45.7 cm³/mol. The van der Waals surface area contributed by atoms with Crippen molar-refractivity contribution >= 4 is 17.3 Å². The van der Waals surface area contributed by atoms with Crippen molar-refractivity contribution in [1.29, 1.82) is 0 Å². The Kier molecular flexibility index (Phi) is 1.70. The van der Waals surface area contributed by atoms with Gasteiger partial charge in [-0.3, -0.25) is 4.79 Å². The highest BCUT2D eigenvalue weighted by Gasteiger charge is 2.78. The van der Waals surface area contributed by atoms with E-state index >= 15 is 0 Å². The van der Waals surface area contributed by atoms with Gasteiger partial charge in [0.05, 0.1) is 16.1 Å². The predicted octanol–water partition coefficient (Wildman–Crippen LogP) is 1.81. The van der Waals surface area contributed by atoms with E-state index in [1.165, 1.54) is 5.51 Å². The molecule has 2 rings (SSSR count). The molecule has 1 heterocycles. The minimum Gasteiger partial charge on any atom is -0.480 e. The number of hydrogen-bond acceptors (Lipinski definition) is 3. The van der Waals surface area contributed by atoms with Crippen LogP contribution in [0.15, 0.2) is 5.51 Å². The summed E-state index contributed by atoms with van der Waals surface area (Å²) in [4.78, 5) is 14.8. The fourth-order valence-corrected chi connectivity index (χ4v) is 2.63. The van der Waals surface area contributed by atoms with Gasteiger partial charge in [-0.2, -0.15) is 0 Å². The van der Waals surface area contributed by atoms with Crippen molar-refractivity contribution in [2.24, 2.45) is 0 Å². The SMILES string of the molecule is Cc1ncsc1C1(C(=O)O)CC1(F)F. The van der Waals surface area contributed by atoms with Gasteiger partial charge in [0.2, 0.25) is 0 Å². The summed E-state index contributed by atoms with van der Waals surface area (Å²) >= 11 is 0.978. The molecule has 0 radical (unpaired) electrons. The molecule has 1 N–H and O–H groups in total. The highest BCUT2D eigenvalue weighted by atomic mass is 32.1. The lowest BCUT2D eigenvalue weighted by atomic mass is 10.0. The molecular weight excluding hydrogens is 212 g/mol. The average molecular weight is 219 g/mol. The van der Waals surface area contributed by atoms with Gasteiger partial charge < -0.3 is 5.11 Å². The van der Waals surface area contributed by atoms with Gasteiger partial charge in [0.1, 0.15) is 0 Å². The van der Waals surface area contributed by atoms with Crippen LogP contribution in [0.3, 0.4) is 0 Å². The van der Waals surface area contributed by atoms with Crippen molar-refractivity contribution in [3.63, 3.8) is 0 Å². The van der Waals surface area contributed by atoms with Crippen LogP contribution in [0.2, 0.25) is 0 Å². The number of halogens is 2. The van der Waals surface area contributed by atoms with Crippen molar-refractivity contribution in [3.8, 4) is 0 Å². The number of alkyl halides is 2. The number of thiazole rings is 1. The van der Waals surface area contributed by atoms with Gasteiger partial charge in [0, 0.05) is 6.42 Å². The minimum absolute atomic E-state index is 0.176. The molecule has 1 atom stereocenters. The zero-order valence-electron chi connectivity index (χ0n) is 7.25. The number of carboxylic acids is 1. The molecule has 1 aliphatic carbocycles. The number of aromatic nitrogens is 1. The molecule has 0 bridgehead atoms. The first-order valence-electron chi connectivity index (χ1n) is 3.93. The Morgan fingerprint density at radius 3 is 2.57 bits per heavy atom. The quantitative estimate of drug-likeness (QED) is 0.825. The Balaban J connectivity index is 2.52. The minimum atomic E-state index is -3.13. The molecule has 6 heteroatoms. The van der Waals surface area contributed by atoms with Gasteiger partial charge in [-0.15, -0.1) is 11.3 Å². The number of rotatable bonds is 2. The second-order valence-corrected chi connectivity index (χ2v) is 4.21. The zero-order chi connectivity index (χ0) is 10.6. The molecule has 14 heavy (non-hydrogen) atoms. The lowest BCUT2D eigenvalue weighted by Crippen LogP contribution is -2.26. The highest BCUT2D eigenvalue weighted by Crippen LogP contribution is 2.63. The van der Waals surface area contributed by atoms with Crippen molar-refractivity contribution in [1.82, 2.24) is 4.98 Å². The molecule has 0 aromatic carbocycles. The molecule has 0 amide bonds. The number of aryl methyl sites for hydroxylation is 1. The smallest absolute Gasteiger partial charge is 0.321 e. The van der Waals surface area contributed by atoms with E-state index in [9.17, 15) is 13.6 Å². The van der Waals surface area contributed by atoms with Crippen molar-refractivity contribution in [3.05, 3.63) is 16.1 Å². The van der Waals surface area contributed by atoms with Crippen LogP contribution in [0.25, 0.3) is 0 Å². The van der Waals surface area contributed by atoms with Crippen LogP contribution in [0, 0.1) is 6.92 Å². The molecule has 3 nitrogen and oxygen atoms in total. The number of carbonyl (C=O) groups is 1. The number of nitrogens with zero attached hydrogens (tertiary/aromatic N) is 1. The van der Waals surface area contributed by atoms with Crippen LogP contribution in [0.1, 0.15) is 17.0 Å². The van der Waals surface area contributed by atoms with E-state index in [2.05, 4.69) is 4.98 Å². The second-order valence-electron chi connectivity index (χ2n) is 3.36. The first-order valence-corrected chi connectivity index (χ1v) is 4.81. The molecule has 1 saturated carbocycles. The summed E-state index contributed by atoms with van der Waals surface area (Å²) in [5.74, 6) is -4.59.